The molecule has 1 aromatic heterocycles. The number of aromatic nitrogens is 1. The number of carbonyl (C=O) groups is 1. The lowest BCUT2D eigenvalue weighted by molar-refractivity contribution is 0.157. The number of nitrogens with zero attached hydrogens (tertiary/aromatic N) is 2. The first-order valence-corrected chi connectivity index (χ1v) is 7.32. The normalized spacial score (nSPS) is 18.6. The fourth-order valence-corrected chi connectivity index (χ4v) is 2.70. The summed E-state index contributed by atoms with van der Waals surface area (Å²) in [5, 5.41) is 16.2. The number of carbonyl (C=O) groups excluding carboxylic acids is 1. The Morgan fingerprint density at radius 3 is 2.95 bits per heavy atom. The van der Waals surface area contributed by atoms with Crippen molar-refractivity contribution in [3.05, 3.63) is 17.0 Å². The van der Waals surface area contributed by atoms with Crippen molar-refractivity contribution in [3.63, 3.8) is 0 Å². The van der Waals surface area contributed by atoms with Gasteiger partial charge < -0.3 is 19.8 Å². The van der Waals surface area contributed by atoms with Crippen molar-refractivity contribution in [2.75, 3.05) is 13.2 Å². The van der Waals surface area contributed by atoms with Crippen LogP contribution in [0, 0.1) is 0 Å². The van der Waals surface area contributed by atoms with E-state index in [1.165, 1.54) is 0 Å². The second-order valence-corrected chi connectivity index (χ2v) is 5.07. The minimum atomic E-state index is -0.119. The zero-order chi connectivity index (χ0) is 14.5. The van der Waals surface area contributed by atoms with E-state index in [-0.39, 0.29) is 18.7 Å². The lowest BCUT2D eigenvalue weighted by Crippen LogP contribution is -2.44. The Hall–Kier alpha value is -1.56. The number of hydrogen-bond donors (Lipinski definition) is 2. The van der Waals surface area contributed by atoms with Crippen molar-refractivity contribution < 1.29 is 14.4 Å². The molecule has 2 N–H and O–H groups in total. The summed E-state index contributed by atoms with van der Waals surface area (Å²) in [6.45, 7) is 5.20. The Bertz CT molecular complexity index is 437. The van der Waals surface area contributed by atoms with E-state index < -0.39 is 0 Å². The predicted molar refractivity (Wildman–Crippen MR) is 74.3 cm³/mol. The summed E-state index contributed by atoms with van der Waals surface area (Å²) in [4.78, 5) is 13.9. The Balaban J connectivity index is 1.98. The van der Waals surface area contributed by atoms with Crippen molar-refractivity contribution in [1.29, 1.82) is 0 Å². The molecule has 20 heavy (non-hydrogen) atoms. The zero-order valence-corrected chi connectivity index (χ0v) is 12.2. The van der Waals surface area contributed by atoms with E-state index in [0.29, 0.717) is 13.1 Å². The van der Waals surface area contributed by atoms with Gasteiger partial charge in [0.25, 0.3) is 0 Å². The van der Waals surface area contributed by atoms with Gasteiger partial charge in [0.15, 0.2) is 0 Å². The highest BCUT2D eigenvalue weighted by atomic mass is 16.5. The number of rotatable bonds is 5. The van der Waals surface area contributed by atoms with Crippen molar-refractivity contribution >= 4 is 6.03 Å². The molecule has 2 rings (SSSR count). The largest absolute Gasteiger partial charge is 0.394 e. The number of urea groups is 1. The summed E-state index contributed by atoms with van der Waals surface area (Å²) in [6.07, 6.45) is 3.38. The fraction of sp³-hybridized carbons (Fsp3) is 0.714. The fourth-order valence-electron chi connectivity index (χ4n) is 2.70. The number of aliphatic hydroxyl groups is 1. The maximum atomic E-state index is 12.2. The Morgan fingerprint density at radius 1 is 1.50 bits per heavy atom. The van der Waals surface area contributed by atoms with E-state index in [4.69, 9.17) is 4.52 Å². The number of amides is 2. The molecule has 1 unspecified atom stereocenters. The highest BCUT2D eigenvalue weighted by molar-refractivity contribution is 5.74. The number of nitrogens with one attached hydrogen (secondary N) is 1. The molecule has 0 aromatic carbocycles. The van der Waals surface area contributed by atoms with Gasteiger partial charge in [0.1, 0.15) is 5.76 Å². The first-order chi connectivity index (χ1) is 9.71. The van der Waals surface area contributed by atoms with Gasteiger partial charge in [0.2, 0.25) is 0 Å². The van der Waals surface area contributed by atoms with Crippen LogP contribution in [0.15, 0.2) is 4.52 Å². The third-order valence-corrected chi connectivity index (χ3v) is 3.87. The average molecular weight is 281 g/mol. The molecule has 6 nitrogen and oxygen atoms in total. The highest BCUT2D eigenvalue weighted by Crippen LogP contribution is 2.18. The Kier molecular flexibility index (Phi) is 5.00. The molecular weight excluding hydrogens is 258 g/mol. The van der Waals surface area contributed by atoms with Crippen LogP contribution < -0.4 is 5.32 Å². The van der Waals surface area contributed by atoms with Gasteiger partial charge >= 0.3 is 6.03 Å². The van der Waals surface area contributed by atoms with Gasteiger partial charge in [0, 0.05) is 25.1 Å². The number of aliphatic hydroxyl groups excluding tert-OH is 1. The summed E-state index contributed by atoms with van der Waals surface area (Å²) >= 11 is 0. The molecule has 112 valence electrons. The zero-order valence-electron chi connectivity index (χ0n) is 12.2. The lowest BCUT2D eigenvalue weighted by Gasteiger charge is -2.23. The molecule has 0 saturated carbocycles. The van der Waals surface area contributed by atoms with Crippen LogP contribution in [0.1, 0.15) is 43.7 Å². The van der Waals surface area contributed by atoms with Crippen molar-refractivity contribution in [1.82, 2.24) is 15.4 Å². The topological polar surface area (TPSA) is 78.6 Å². The monoisotopic (exact) mass is 281 g/mol. The molecule has 2 heterocycles. The summed E-state index contributed by atoms with van der Waals surface area (Å²) in [5.74, 6) is 0.835. The smallest absolute Gasteiger partial charge is 0.317 e. The molecule has 1 fully saturated rings. The average Bonchev–Trinajstić information content (AvgIpc) is 3.10. The minimum absolute atomic E-state index is 0.0289. The molecule has 2 amide bonds. The summed E-state index contributed by atoms with van der Waals surface area (Å²) in [7, 11) is 0. The van der Waals surface area contributed by atoms with E-state index in [1.54, 1.807) is 4.90 Å². The van der Waals surface area contributed by atoms with E-state index in [0.717, 1.165) is 42.7 Å². The van der Waals surface area contributed by atoms with Crippen LogP contribution >= 0.6 is 0 Å². The van der Waals surface area contributed by atoms with Crippen molar-refractivity contribution in [2.24, 2.45) is 0 Å². The van der Waals surface area contributed by atoms with Crippen LogP contribution in [-0.2, 0) is 19.4 Å². The molecule has 1 saturated heterocycles. The van der Waals surface area contributed by atoms with Gasteiger partial charge in [-0.2, -0.15) is 0 Å². The minimum Gasteiger partial charge on any atom is -0.394 e. The molecule has 1 aliphatic heterocycles. The SMILES string of the molecule is CCc1noc(CC)c1CNC(=O)N1CCCC1CO. The number of likely N-dealkylation sites (tertiary alicyclic amines) is 1. The summed E-state index contributed by atoms with van der Waals surface area (Å²) < 4.78 is 5.28. The first-order valence-electron chi connectivity index (χ1n) is 7.32. The van der Waals surface area contributed by atoms with E-state index >= 15 is 0 Å². The molecule has 0 aliphatic carbocycles. The van der Waals surface area contributed by atoms with Crippen LogP contribution in [0.25, 0.3) is 0 Å². The molecule has 6 heteroatoms. The van der Waals surface area contributed by atoms with Crippen LogP contribution in [0.4, 0.5) is 4.79 Å². The number of hydrogen-bond acceptors (Lipinski definition) is 4. The number of aryl methyl sites for hydroxylation is 2. The van der Waals surface area contributed by atoms with Crippen LogP contribution in [0.2, 0.25) is 0 Å². The van der Waals surface area contributed by atoms with E-state index in [2.05, 4.69) is 10.5 Å². The lowest BCUT2D eigenvalue weighted by atomic mass is 10.1. The standard InChI is InChI=1S/C14H23N3O3/c1-3-12-11(13(4-2)20-16-12)8-15-14(19)17-7-5-6-10(17)9-18/h10,18H,3-9H2,1-2H3,(H,15,19). The third-order valence-electron chi connectivity index (χ3n) is 3.87. The van der Waals surface area contributed by atoms with Crippen LogP contribution in [0.5, 0.6) is 0 Å². The Morgan fingerprint density at radius 2 is 2.30 bits per heavy atom. The first kappa shape index (κ1) is 14.8. The summed E-state index contributed by atoms with van der Waals surface area (Å²) in [6, 6.07) is -0.166. The van der Waals surface area contributed by atoms with E-state index in [1.807, 2.05) is 13.8 Å². The van der Waals surface area contributed by atoms with Gasteiger partial charge in [0.05, 0.1) is 18.3 Å². The van der Waals surface area contributed by atoms with Gasteiger partial charge in [-0.15, -0.1) is 0 Å². The van der Waals surface area contributed by atoms with Gasteiger partial charge in [-0.1, -0.05) is 19.0 Å². The van der Waals surface area contributed by atoms with Gasteiger partial charge in [-0.3, -0.25) is 0 Å². The molecular formula is C14H23N3O3. The highest BCUT2D eigenvalue weighted by Gasteiger charge is 2.28. The second kappa shape index (κ2) is 6.74. The molecule has 1 atom stereocenters. The van der Waals surface area contributed by atoms with Crippen LogP contribution in [0.3, 0.4) is 0 Å². The molecule has 1 aliphatic rings. The summed E-state index contributed by atoms with van der Waals surface area (Å²) in [5.41, 5.74) is 1.89. The van der Waals surface area contributed by atoms with Crippen molar-refractivity contribution in [2.45, 2.75) is 52.1 Å². The second-order valence-electron chi connectivity index (χ2n) is 5.07. The van der Waals surface area contributed by atoms with Crippen molar-refractivity contribution in [3.8, 4) is 0 Å². The quantitative estimate of drug-likeness (QED) is 0.856. The Labute approximate surface area is 119 Å². The maximum absolute atomic E-state index is 12.2. The van der Waals surface area contributed by atoms with Crippen LogP contribution in [-0.4, -0.2) is 40.4 Å². The molecule has 1 aromatic rings. The van der Waals surface area contributed by atoms with E-state index in [9.17, 15) is 9.90 Å². The maximum Gasteiger partial charge on any atom is 0.317 e. The van der Waals surface area contributed by atoms with Gasteiger partial charge in [-0.25, -0.2) is 4.79 Å². The predicted octanol–water partition coefficient (Wildman–Crippen LogP) is 1.47. The molecule has 0 spiro atoms. The molecule has 0 radical (unpaired) electrons. The third kappa shape index (κ3) is 2.95. The van der Waals surface area contributed by atoms with Gasteiger partial charge in [-0.05, 0) is 19.3 Å². The molecule has 0 bridgehead atoms.